The summed E-state index contributed by atoms with van der Waals surface area (Å²) in [6, 6.07) is 6.19. The number of pyridine rings is 2. The van der Waals surface area contributed by atoms with Crippen LogP contribution in [0.4, 0.5) is 10.5 Å². The van der Waals surface area contributed by atoms with Crippen molar-refractivity contribution in [3.63, 3.8) is 0 Å². The average molecular weight is 458 g/mol. The number of nitrogens with zero attached hydrogens (tertiary/aromatic N) is 3. The average Bonchev–Trinajstić information content (AvgIpc) is 2.93. The van der Waals surface area contributed by atoms with Crippen LogP contribution in [0.1, 0.15) is 12.6 Å². The molecular formula is C20H18N4O7S. The first-order chi connectivity index (χ1) is 15.2. The Morgan fingerprint density at radius 1 is 1.25 bits per heavy atom. The molecule has 2 N–H and O–H groups in total. The fraction of sp³-hybridized carbons (Fsp3) is 0.250. The molecule has 0 unspecified atom stereocenters. The second-order valence-electron chi connectivity index (χ2n) is 7.45. The number of carbonyl (C=O) groups is 3. The van der Waals surface area contributed by atoms with Crippen LogP contribution in [0.25, 0.3) is 6.08 Å². The molecule has 2 aliphatic heterocycles. The number of nitrogens with one attached hydrogen (secondary N) is 1. The van der Waals surface area contributed by atoms with Gasteiger partial charge in [-0.2, -0.15) is 0 Å². The molecule has 0 aromatic carbocycles. The van der Waals surface area contributed by atoms with Gasteiger partial charge < -0.3 is 14.7 Å². The highest BCUT2D eigenvalue weighted by atomic mass is 32.2. The zero-order valence-corrected chi connectivity index (χ0v) is 17.5. The molecule has 2 aromatic heterocycles. The number of fused-ring (bicyclic) bond motifs is 1. The van der Waals surface area contributed by atoms with Crippen LogP contribution >= 0.6 is 0 Å². The molecule has 0 aliphatic carbocycles. The summed E-state index contributed by atoms with van der Waals surface area (Å²) in [6.45, 7) is 0.394. The van der Waals surface area contributed by atoms with Gasteiger partial charge in [-0.1, -0.05) is 6.07 Å². The van der Waals surface area contributed by atoms with E-state index in [-0.39, 0.29) is 5.57 Å². The van der Waals surface area contributed by atoms with E-state index in [4.69, 9.17) is 4.74 Å². The Morgan fingerprint density at radius 3 is 2.59 bits per heavy atom. The Morgan fingerprint density at radius 2 is 1.97 bits per heavy atom. The summed E-state index contributed by atoms with van der Waals surface area (Å²) in [5.74, 6) is -2.23. The standard InChI is InChI=1S/C20H18N4O7S/c1-20(11-31-19(28)23-12-5-8-21-9-6-12)15(18(26)27)24-16(25)14(17(24)32(20,29)30)10-13-4-2-3-7-22-13/h2-10,15,17H,11H2,1H3,(H,26,27)(H,21,23,28)/t15-,17+,20-/m0/s1. The molecule has 3 atom stereocenters. The number of rotatable bonds is 5. The van der Waals surface area contributed by atoms with E-state index in [1.165, 1.54) is 36.8 Å². The van der Waals surface area contributed by atoms with Gasteiger partial charge in [-0.3, -0.25) is 20.1 Å². The summed E-state index contributed by atoms with van der Waals surface area (Å²) in [4.78, 5) is 45.5. The molecule has 0 bridgehead atoms. The maximum atomic E-state index is 13.4. The van der Waals surface area contributed by atoms with Crippen LogP contribution in [0.2, 0.25) is 0 Å². The molecule has 0 radical (unpaired) electrons. The fourth-order valence-electron chi connectivity index (χ4n) is 3.81. The van der Waals surface area contributed by atoms with Gasteiger partial charge in [-0.25, -0.2) is 18.0 Å². The topological polar surface area (TPSA) is 156 Å². The molecule has 2 aromatic rings. The molecule has 2 aliphatic rings. The van der Waals surface area contributed by atoms with Crippen LogP contribution in [0.5, 0.6) is 0 Å². The highest BCUT2D eigenvalue weighted by molar-refractivity contribution is 7.94. The maximum absolute atomic E-state index is 13.4. The third-order valence-electron chi connectivity index (χ3n) is 5.44. The summed E-state index contributed by atoms with van der Waals surface area (Å²) in [5, 5.41) is 10.7. The summed E-state index contributed by atoms with van der Waals surface area (Å²) in [6.07, 6.45) is 4.70. The quantitative estimate of drug-likeness (QED) is 0.491. The van der Waals surface area contributed by atoms with Crippen LogP contribution in [0.3, 0.4) is 0 Å². The number of β-lactam (4-membered cyclic amide) rings is 1. The molecule has 166 valence electrons. The lowest BCUT2D eigenvalue weighted by Gasteiger charge is -2.37. The first-order valence-corrected chi connectivity index (χ1v) is 11.0. The molecule has 32 heavy (non-hydrogen) atoms. The van der Waals surface area contributed by atoms with E-state index in [2.05, 4.69) is 15.3 Å². The zero-order chi connectivity index (χ0) is 23.1. The Hall–Kier alpha value is -3.80. The van der Waals surface area contributed by atoms with E-state index in [9.17, 15) is 27.9 Å². The lowest BCUT2D eigenvalue weighted by atomic mass is 9.94. The van der Waals surface area contributed by atoms with Gasteiger partial charge in [0.25, 0.3) is 5.91 Å². The van der Waals surface area contributed by atoms with Crippen molar-refractivity contribution in [3.8, 4) is 0 Å². The van der Waals surface area contributed by atoms with Crippen LogP contribution in [-0.2, 0) is 24.2 Å². The monoisotopic (exact) mass is 458 g/mol. The predicted octanol–water partition coefficient (Wildman–Crippen LogP) is 0.917. The second-order valence-corrected chi connectivity index (χ2v) is 9.92. The molecule has 4 rings (SSSR count). The van der Waals surface area contributed by atoms with Crippen molar-refractivity contribution >= 4 is 39.6 Å². The number of hydrogen-bond donors (Lipinski definition) is 2. The van der Waals surface area contributed by atoms with Crippen molar-refractivity contribution in [2.24, 2.45) is 0 Å². The van der Waals surface area contributed by atoms with Gasteiger partial charge in [-0.05, 0) is 37.3 Å². The fourth-order valence-corrected chi connectivity index (χ4v) is 6.09. The number of carbonyl (C=O) groups excluding carboxylic acids is 2. The van der Waals surface area contributed by atoms with Crippen molar-refractivity contribution < 1.29 is 32.6 Å². The Bertz CT molecular complexity index is 1220. The van der Waals surface area contributed by atoms with Gasteiger partial charge in [0.1, 0.15) is 11.4 Å². The normalized spacial score (nSPS) is 26.8. The van der Waals surface area contributed by atoms with E-state index in [0.717, 1.165) is 11.8 Å². The van der Waals surface area contributed by atoms with Gasteiger partial charge in [0, 0.05) is 24.3 Å². The summed E-state index contributed by atoms with van der Waals surface area (Å²) < 4.78 is 29.8. The third-order valence-corrected chi connectivity index (χ3v) is 8.15. The number of amides is 2. The van der Waals surface area contributed by atoms with E-state index in [1.807, 2.05) is 0 Å². The molecule has 11 nitrogen and oxygen atoms in total. The lowest BCUT2D eigenvalue weighted by Crippen LogP contribution is -2.59. The first-order valence-electron chi connectivity index (χ1n) is 9.42. The molecule has 0 saturated carbocycles. The highest BCUT2D eigenvalue weighted by Crippen LogP contribution is 2.49. The van der Waals surface area contributed by atoms with Crippen LogP contribution in [-0.4, -0.2) is 69.1 Å². The Kier molecular flexibility index (Phi) is 5.17. The second kappa shape index (κ2) is 7.71. The number of carboxylic acids is 1. The van der Waals surface area contributed by atoms with Crippen molar-refractivity contribution in [2.45, 2.75) is 23.1 Å². The Balaban J connectivity index is 1.61. The predicted molar refractivity (Wildman–Crippen MR) is 111 cm³/mol. The maximum Gasteiger partial charge on any atom is 0.411 e. The van der Waals surface area contributed by atoms with Gasteiger partial charge in [0.15, 0.2) is 21.3 Å². The van der Waals surface area contributed by atoms with E-state index < -0.39 is 50.6 Å². The minimum atomic E-state index is -4.28. The van der Waals surface area contributed by atoms with Gasteiger partial charge in [-0.15, -0.1) is 0 Å². The smallest absolute Gasteiger partial charge is 0.411 e. The summed E-state index contributed by atoms with van der Waals surface area (Å²) in [7, 11) is -4.28. The minimum absolute atomic E-state index is 0.0834. The van der Waals surface area contributed by atoms with Gasteiger partial charge in [0.05, 0.1) is 11.3 Å². The van der Waals surface area contributed by atoms with Crippen LogP contribution in [0, 0.1) is 0 Å². The third kappa shape index (κ3) is 3.28. The molecular weight excluding hydrogens is 440 g/mol. The van der Waals surface area contributed by atoms with E-state index in [0.29, 0.717) is 11.4 Å². The van der Waals surface area contributed by atoms with Crippen molar-refractivity contribution in [3.05, 3.63) is 60.2 Å². The number of carboxylic acid groups (broad SMARTS) is 1. The lowest BCUT2D eigenvalue weighted by molar-refractivity contribution is -0.153. The molecule has 4 heterocycles. The molecule has 2 saturated heterocycles. The number of aliphatic carboxylic acids is 1. The minimum Gasteiger partial charge on any atom is -0.480 e. The van der Waals surface area contributed by atoms with Crippen molar-refractivity contribution in [1.82, 2.24) is 14.9 Å². The van der Waals surface area contributed by atoms with E-state index >= 15 is 0 Å². The molecule has 2 amide bonds. The highest BCUT2D eigenvalue weighted by Gasteiger charge is 2.72. The molecule has 12 heteroatoms. The van der Waals surface area contributed by atoms with Crippen molar-refractivity contribution in [1.29, 1.82) is 0 Å². The van der Waals surface area contributed by atoms with Crippen LogP contribution < -0.4 is 5.32 Å². The van der Waals surface area contributed by atoms with Gasteiger partial charge >= 0.3 is 12.1 Å². The first kappa shape index (κ1) is 21.4. The number of ether oxygens (including phenoxy) is 1. The summed E-state index contributed by atoms with van der Waals surface area (Å²) >= 11 is 0. The van der Waals surface area contributed by atoms with Crippen molar-refractivity contribution in [2.75, 3.05) is 11.9 Å². The zero-order valence-electron chi connectivity index (χ0n) is 16.7. The van der Waals surface area contributed by atoms with E-state index in [1.54, 1.807) is 18.2 Å². The van der Waals surface area contributed by atoms with Gasteiger partial charge in [0.2, 0.25) is 0 Å². The number of aromatic nitrogens is 2. The van der Waals surface area contributed by atoms with Crippen LogP contribution in [0.15, 0.2) is 54.5 Å². The largest absolute Gasteiger partial charge is 0.480 e. The molecule has 0 spiro atoms. The summed E-state index contributed by atoms with van der Waals surface area (Å²) in [5.41, 5.74) is 0.637. The number of hydrogen-bond acceptors (Lipinski definition) is 8. The Labute approximate surface area is 182 Å². The SMILES string of the molecule is C[C@]1(COC(=O)Nc2ccncc2)[C@H](C(=O)O)N2C(=O)C(=Cc3ccccn3)[C@H]2S1(=O)=O. The molecule has 2 fully saturated rings. The number of anilines is 1. The number of sulfone groups is 1.